The van der Waals surface area contributed by atoms with E-state index in [1.807, 2.05) is 0 Å². The van der Waals surface area contributed by atoms with Crippen molar-refractivity contribution in [3.63, 3.8) is 0 Å². The van der Waals surface area contributed by atoms with Crippen molar-refractivity contribution in [2.45, 2.75) is 0 Å². The van der Waals surface area contributed by atoms with Crippen LogP contribution < -0.4 is 0 Å². The van der Waals surface area contributed by atoms with Crippen LogP contribution in [-0.2, 0) is 9.59 Å². The van der Waals surface area contributed by atoms with Gasteiger partial charge in [-0.15, -0.1) is 0 Å². The minimum Gasteiger partial charge on any atom is -0.298 e. The van der Waals surface area contributed by atoms with Crippen molar-refractivity contribution in [2.75, 3.05) is 0 Å². The lowest BCUT2D eigenvalue weighted by Crippen LogP contribution is -1.85. The van der Waals surface area contributed by atoms with Gasteiger partial charge < -0.3 is 0 Å². The van der Waals surface area contributed by atoms with Gasteiger partial charge in [-0.25, -0.2) is 9.59 Å². The van der Waals surface area contributed by atoms with E-state index in [0.29, 0.717) is 22.7 Å². The molecule has 0 bridgehead atoms. The first-order valence-corrected chi connectivity index (χ1v) is 4.98. The van der Waals surface area contributed by atoms with Gasteiger partial charge in [-0.1, -0.05) is 12.1 Å². The van der Waals surface area contributed by atoms with E-state index >= 15 is 0 Å². The van der Waals surface area contributed by atoms with E-state index in [-0.39, 0.29) is 11.3 Å². The molecule has 0 aliphatic heterocycles. The number of nitrogens with zero attached hydrogens (tertiary/aromatic N) is 2. The maximum atomic E-state index is 11.1. The Morgan fingerprint density at radius 2 is 1.61 bits per heavy atom. The molecule has 0 aromatic heterocycles. The monoisotopic (exact) mass is 238 g/mol. The molecule has 0 amide bonds. The van der Waals surface area contributed by atoms with E-state index in [0.717, 1.165) is 0 Å². The average molecular weight is 238 g/mol. The van der Waals surface area contributed by atoms with E-state index < -0.39 is 0 Å². The second-order valence-electron chi connectivity index (χ2n) is 3.39. The minimum absolute atomic E-state index is 0.236. The van der Waals surface area contributed by atoms with Crippen molar-refractivity contribution >= 4 is 40.6 Å². The number of aliphatic imine (C=N–C) groups is 2. The Bertz CT molecular complexity index is 724. The van der Waals surface area contributed by atoms with Crippen LogP contribution in [0.15, 0.2) is 40.3 Å². The smallest absolute Gasteiger partial charge is 0.240 e. The second kappa shape index (κ2) is 4.97. The summed E-state index contributed by atoms with van der Waals surface area (Å²) < 4.78 is 0. The first-order valence-electron chi connectivity index (χ1n) is 4.98. The lowest BCUT2D eigenvalue weighted by Gasteiger charge is -2.05. The zero-order chi connectivity index (χ0) is 13.0. The molecule has 0 fully saturated rings. The van der Waals surface area contributed by atoms with E-state index in [1.165, 1.54) is 18.2 Å². The lowest BCUT2D eigenvalue weighted by atomic mass is 10.0. The predicted octanol–water partition coefficient (Wildman–Crippen LogP) is 2.59. The number of hydrogen-bond donors (Lipinski definition) is 0. The van der Waals surface area contributed by atoms with Gasteiger partial charge in [-0.3, -0.25) is 4.79 Å². The molecule has 2 rings (SSSR count). The van der Waals surface area contributed by atoms with Gasteiger partial charge in [0.1, 0.15) is 0 Å². The third-order valence-corrected chi connectivity index (χ3v) is 2.51. The number of rotatable bonds is 3. The van der Waals surface area contributed by atoms with Gasteiger partial charge in [0.2, 0.25) is 12.2 Å². The van der Waals surface area contributed by atoms with Crippen molar-refractivity contribution in [3.8, 4) is 0 Å². The van der Waals surface area contributed by atoms with E-state index in [9.17, 15) is 14.4 Å². The van der Waals surface area contributed by atoms with Crippen LogP contribution in [0.4, 0.5) is 11.4 Å². The maximum absolute atomic E-state index is 11.1. The Hall–Kier alpha value is -2.87. The highest BCUT2D eigenvalue weighted by atomic mass is 16.1. The van der Waals surface area contributed by atoms with Gasteiger partial charge in [0.15, 0.2) is 6.29 Å². The highest BCUT2D eigenvalue weighted by molar-refractivity contribution is 6.06. The van der Waals surface area contributed by atoms with Gasteiger partial charge in [0, 0.05) is 10.9 Å². The normalized spacial score (nSPS) is 9.33. The van der Waals surface area contributed by atoms with Crippen LogP contribution in [0.1, 0.15) is 10.4 Å². The molecule has 2 aromatic carbocycles. The predicted molar refractivity (Wildman–Crippen MR) is 64.9 cm³/mol. The van der Waals surface area contributed by atoms with Gasteiger partial charge in [0.25, 0.3) is 0 Å². The van der Waals surface area contributed by atoms with E-state index in [4.69, 9.17) is 0 Å². The number of benzene rings is 2. The number of carbonyl (C=O) groups is 1. The molecule has 0 saturated carbocycles. The van der Waals surface area contributed by atoms with Crippen LogP contribution in [0, 0.1) is 0 Å². The molecule has 0 aliphatic carbocycles. The Morgan fingerprint density at radius 1 is 0.889 bits per heavy atom. The number of fused-ring (bicyclic) bond motifs is 1. The zero-order valence-electron chi connectivity index (χ0n) is 9.08. The fourth-order valence-electron chi connectivity index (χ4n) is 1.77. The molecule has 5 nitrogen and oxygen atoms in total. The summed E-state index contributed by atoms with van der Waals surface area (Å²) in [7, 11) is 0. The summed E-state index contributed by atoms with van der Waals surface area (Å²) in [6.45, 7) is 0. The molecule has 0 spiro atoms. The van der Waals surface area contributed by atoms with E-state index in [1.54, 1.807) is 24.3 Å². The SMILES string of the molecule is O=C=Nc1ccc2c(N=C=O)cccc2c1C=O. The van der Waals surface area contributed by atoms with Crippen LogP contribution in [0.25, 0.3) is 10.8 Å². The summed E-state index contributed by atoms with van der Waals surface area (Å²) in [5.41, 5.74) is 0.908. The molecule has 2 aromatic rings. The third-order valence-electron chi connectivity index (χ3n) is 2.51. The van der Waals surface area contributed by atoms with Crippen molar-refractivity contribution in [2.24, 2.45) is 9.98 Å². The summed E-state index contributed by atoms with van der Waals surface area (Å²) in [5.74, 6) is 0. The Kier molecular flexibility index (Phi) is 3.21. The maximum Gasteiger partial charge on any atom is 0.240 e. The van der Waals surface area contributed by atoms with Crippen LogP contribution >= 0.6 is 0 Å². The topological polar surface area (TPSA) is 75.9 Å². The molecular weight excluding hydrogens is 232 g/mol. The Labute approximate surface area is 101 Å². The van der Waals surface area contributed by atoms with Gasteiger partial charge in [-0.2, -0.15) is 9.98 Å². The number of isocyanates is 2. The number of aldehydes is 1. The lowest BCUT2D eigenvalue weighted by molar-refractivity contribution is 0.112. The Morgan fingerprint density at radius 3 is 2.28 bits per heavy atom. The van der Waals surface area contributed by atoms with Crippen LogP contribution in [0.2, 0.25) is 0 Å². The largest absolute Gasteiger partial charge is 0.298 e. The molecule has 0 unspecified atom stereocenters. The molecule has 18 heavy (non-hydrogen) atoms. The molecule has 86 valence electrons. The van der Waals surface area contributed by atoms with Crippen LogP contribution in [0.3, 0.4) is 0 Å². The summed E-state index contributed by atoms with van der Waals surface area (Å²) in [4.78, 5) is 38.7. The van der Waals surface area contributed by atoms with Gasteiger partial charge in [0.05, 0.1) is 11.4 Å². The van der Waals surface area contributed by atoms with Gasteiger partial charge in [-0.05, 0) is 23.6 Å². The summed E-state index contributed by atoms with van der Waals surface area (Å²) >= 11 is 0. The standard InChI is InChI=1S/C13H6N2O3/c16-6-11-9-2-1-3-12(14-7-17)10(9)4-5-13(11)15-8-18/h1-6H. The van der Waals surface area contributed by atoms with Crippen molar-refractivity contribution in [3.05, 3.63) is 35.9 Å². The van der Waals surface area contributed by atoms with Crippen molar-refractivity contribution < 1.29 is 14.4 Å². The first-order chi connectivity index (χ1) is 8.81. The second-order valence-corrected chi connectivity index (χ2v) is 3.39. The molecule has 0 radical (unpaired) electrons. The molecule has 5 heteroatoms. The van der Waals surface area contributed by atoms with Gasteiger partial charge >= 0.3 is 0 Å². The minimum atomic E-state index is 0.236. The number of carbonyl (C=O) groups excluding carboxylic acids is 3. The number of hydrogen-bond acceptors (Lipinski definition) is 5. The third kappa shape index (κ3) is 1.87. The summed E-state index contributed by atoms with van der Waals surface area (Å²) in [6.07, 6.45) is 3.45. The summed E-state index contributed by atoms with van der Waals surface area (Å²) in [6, 6.07) is 8.10. The quantitative estimate of drug-likeness (QED) is 0.468. The molecule has 0 N–H and O–H groups in total. The summed E-state index contributed by atoms with van der Waals surface area (Å²) in [5, 5.41) is 1.19. The molecule has 0 aliphatic rings. The highest BCUT2D eigenvalue weighted by Gasteiger charge is 2.08. The highest BCUT2D eigenvalue weighted by Crippen LogP contribution is 2.32. The van der Waals surface area contributed by atoms with E-state index in [2.05, 4.69) is 9.98 Å². The van der Waals surface area contributed by atoms with Crippen LogP contribution in [-0.4, -0.2) is 18.4 Å². The zero-order valence-corrected chi connectivity index (χ0v) is 9.08. The molecule has 0 heterocycles. The molecule has 0 saturated heterocycles. The molecule has 0 atom stereocenters. The van der Waals surface area contributed by atoms with Crippen molar-refractivity contribution in [1.82, 2.24) is 0 Å². The fourth-order valence-corrected chi connectivity index (χ4v) is 1.77. The van der Waals surface area contributed by atoms with Crippen LogP contribution in [0.5, 0.6) is 0 Å². The average Bonchev–Trinajstić information content (AvgIpc) is 2.39. The Balaban J connectivity index is 2.90. The van der Waals surface area contributed by atoms with Crippen molar-refractivity contribution in [1.29, 1.82) is 0 Å². The fraction of sp³-hybridized carbons (Fsp3) is 0. The first kappa shape index (κ1) is 11.6. The molecular formula is C13H6N2O3.